The minimum absolute atomic E-state index is 0.142. The molecule has 3 rings (SSSR count). The molecule has 0 radical (unpaired) electrons. The molecule has 0 heterocycles. The summed E-state index contributed by atoms with van der Waals surface area (Å²) in [6.45, 7) is 0. The Labute approximate surface area is 139 Å². The molecule has 2 aromatic rings. The van der Waals surface area contributed by atoms with E-state index in [1.54, 1.807) is 19.2 Å². The van der Waals surface area contributed by atoms with Gasteiger partial charge < -0.3 is 4.74 Å². The quantitative estimate of drug-likeness (QED) is 0.718. The van der Waals surface area contributed by atoms with Crippen LogP contribution in [0, 0.1) is 0 Å². The van der Waals surface area contributed by atoms with E-state index < -0.39 is 0 Å². The summed E-state index contributed by atoms with van der Waals surface area (Å²) >= 11 is 12.0. The smallest absolute Gasteiger partial charge is 0.163 e. The zero-order chi connectivity index (χ0) is 15.7. The van der Waals surface area contributed by atoms with Crippen molar-refractivity contribution in [3.05, 3.63) is 63.1 Å². The molecule has 0 aromatic heterocycles. The first-order valence-corrected chi connectivity index (χ1v) is 7.71. The number of halogens is 2. The van der Waals surface area contributed by atoms with Gasteiger partial charge in [0.2, 0.25) is 0 Å². The third-order valence-electron chi connectivity index (χ3n) is 3.78. The summed E-state index contributed by atoms with van der Waals surface area (Å²) in [6, 6.07) is 11.2. The fourth-order valence-corrected chi connectivity index (χ4v) is 2.93. The standard InChI is InChI=1S/C18H14Cl2O2/c1-22-13-4-5-14-12(10-13)3-7-18(21)15(14)8-11-2-6-16(19)17(20)9-11/h2,4-6,8-10H,3,7H2,1H3/b15-8+. The van der Waals surface area contributed by atoms with Gasteiger partial charge in [-0.2, -0.15) is 0 Å². The number of methoxy groups -OCH3 is 1. The number of hydrogen-bond acceptors (Lipinski definition) is 2. The molecule has 4 heteroatoms. The Morgan fingerprint density at radius 3 is 2.59 bits per heavy atom. The van der Waals surface area contributed by atoms with E-state index in [9.17, 15) is 4.79 Å². The number of carbonyl (C=O) groups is 1. The number of aryl methyl sites for hydroxylation is 1. The summed E-state index contributed by atoms with van der Waals surface area (Å²) in [5.41, 5.74) is 3.66. The molecule has 0 saturated heterocycles. The van der Waals surface area contributed by atoms with E-state index in [0.717, 1.165) is 28.9 Å². The van der Waals surface area contributed by atoms with Gasteiger partial charge in [0.15, 0.2) is 5.78 Å². The van der Waals surface area contributed by atoms with E-state index in [1.807, 2.05) is 30.3 Å². The van der Waals surface area contributed by atoms with Crippen molar-refractivity contribution in [2.45, 2.75) is 12.8 Å². The molecule has 2 aromatic carbocycles. The Bertz CT molecular complexity index is 779. The predicted molar refractivity (Wildman–Crippen MR) is 90.7 cm³/mol. The molecule has 0 fully saturated rings. The van der Waals surface area contributed by atoms with Crippen LogP contribution < -0.4 is 4.74 Å². The maximum Gasteiger partial charge on any atom is 0.163 e. The van der Waals surface area contributed by atoms with Crippen LogP contribution in [0.25, 0.3) is 11.6 Å². The van der Waals surface area contributed by atoms with Crippen LogP contribution in [0.1, 0.15) is 23.1 Å². The van der Waals surface area contributed by atoms with Crippen LogP contribution in [-0.4, -0.2) is 12.9 Å². The summed E-state index contributed by atoms with van der Waals surface area (Å²) in [5.74, 6) is 0.950. The minimum atomic E-state index is 0.142. The van der Waals surface area contributed by atoms with E-state index in [4.69, 9.17) is 27.9 Å². The topological polar surface area (TPSA) is 26.3 Å². The molecule has 0 bridgehead atoms. The molecule has 0 aliphatic heterocycles. The first kappa shape index (κ1) is 15.1. The highest BCUT2D eigenvalue weighted by Crippen LogP contribution is 2.33. The second-order valence-electron chi connectivity index (χ2n) is 5.18. The number of carbonyl (C=O) groups excluding carboxylic acids is 1. The third kappa shape index (κ3) is 2.90. The van der Waals surface area contributed by atoms with E-state index in [2.05, 4.69) is 0 Å². The molecule has 0 saturated carbocycles. The van der Waals surface area contributed by atoms with Crippen LogP contribution in [0.2, 0.25) is 10.0 Å². The van der Waals surface area contributed by atoms with E-state index in [-0.39, 0.29) is 5.78 Å². The summed E-state index contributed by atoms with van der Waals surface area (Å²) in [7, 11) is 1.64. The molecule has 0 N–H and O–H groups in total. The molecular weight excluding hydrogens is 319 g/mol. The number of hydrogen-bond donors (Lipinski definition) is 0. The van der Waals surface area contributed by atoms with Gasteiger partial charge in [-0.05, 0) is 53.5 Å². The van der Waals surface area contributed by atoms with Crippen molar-refractivity contribution in [2.75, 3.05) is 7.11 Å². The lowest BCUT2D eigenvalue weighted by molar-refractivity contribution is -0.113. The largest absolute Gasteiger partial charge is 0.497 e. The molecule has 0 amide bonds. The second-order valence-corrected chi connectivity index (χ2v) is 5.99. The molecule has 1 aliphatic rings. The minimum Gasteiger partial charge on any atom is -0.497 e. The maximum atomic E-state index is 12.3. The van der Waals surface area contributed by atoms with Crippen molar-refractivity contribution >= 4 is 40.6 Å². The van der Waals surface area contributed by atoms with Gasteiger partial charge in [0.25, 0.3) is 0 Å². The Balaban J connectivity index is 2.08. The maximum absolute atomic E-state index is 12.3. The second kappa shape index (κ2) is 6.15. The highest BCUT2D eigenvalue weighted by Gasteiger charge is 2.21. The van der Waals surface area contributed by atoms with Gasteiger partial charge in [-0.25, -0.2) is 0 Å². The Kier molecular flexibility index (Phi) is 4.23. The highest BCUT2D eigenvalue weighted by atomic mass is 35.5. The van der Waals surface area contributed by atoms with Crippen LogP contribution in [0.15, 0.2) is 36.4 Å². The van der Waals surface area contributed by atoms with Gasteiger partial charge in [-0.1, -0.05) is 35.3 Å². The van der Waals surface area contributed by atoms with Crippen LogP contribution in [0.3, 0.4) is 0 Å². The molecular formula is C18H14Cl2O2. The van der Waals surface area contributed by atoms with Crippen LogP contribution >= 0.6 is 23.2 Å². The van der Waals surface area contributed by atoms with Crippen molar-refractivity contribution in [2.24, 2.45) is 0 Å². The van der Waals surface area contributed by atoms with Crippen molar-refractivity contribution in [1.82, 2.24) is 0 Å². The summed E-state index contributed by atoms with van der Waals surface area (Å²) in [5, 5.41) is 0.984. The average Bonchev–Trinajstić information content (AvgIpc) is 2.53. The first-order valence-electron chi connectivity index (χ1n) is 6.95. The molecule has 0 spiro atoms. The number of benzene rings is 2. The lowest BCUT2D eigenvalue weighted by Crippen LogP contribution is -2.12. The lowest BCUT2D eigenvalue weighted by atomic mass is 9.85. The fourth-order valence-electron chi connectivity index (χ4n) is 2.63. The first-order chi connectivity index (χ1) is 10.6. The molecule has 112 valence electrons. The zero-order valence-corrected chi connectivity index (χ0v) is 13.5. The lowest BCUT2D eigenvalue weighted by Gasteiger charge is -2.19. The number of rotatable bonds is 2. The van der Waals surface area contributed by atoms with Gasteiger partial charge in [-0.15, -0.1) is 0 Å². The highest BCUT2D eigenvalue weighted by molar-refractivity contribution is 6.42. The van der Waals surface area contributed by atoms with Crippen LogP contribution in [0.5, 0.6) is 5.75 Å². The average molecular weight is 333 g/mol. The van der Waals surface area contributed by atoms with E-state index >= 15 is 0 Å². The van der Waals surface area contributed by atoms with Crippen LogP contribution in [-0.2, 0) is 11.2 Å². The number of ketones is 1. The van der Waals surface area contributed by atoms with Crippen molar-refractivity contribution in [3.8, 4) is 5.75 Å². The predicted octanol–water partition coefficient (Wildman–Crippen LogP) is 5.06. The Morgan fingerprint density at radius 2 is 1.86 bits per heavy atom. The van der Waals surface area contributed by atoms with Crippen molar-refractivity contribution < 1.29 is 9.53 Å². The third-order valence-corrected chi connectivity index (χ3v) is 4.52. The number of ether oxygens (including phenoxy) is 1. The Morgan fingerprint density at radius 1 is 1.05 bits per heavy atom. The van der Waals surface area contributed by atoms with Gasteiger partial charge in [-0.3, -0.25) is 4.79 Å². The van der Waals surface area contributed by atoms with E-state index in [0.29, 0.717) is 22.0 Å². The molecule has 2 nitrogen and oxygen atoms in total. The fraction of sp³-hybridized carbons (Fsp3) is 0.167. The normalized spacial score (nSPS) is 15.8. The van der Waals surface area contributed by atoms with Gasteiger partial charge >= 0.3 is 0 Å². The Hall–Kier alpha value is -1.77. The van der Waals surface area contributed by atoms with Gasteiger partial charge in [0, 0.05) is 12.0 Å². The van der Waals surface area contributed by atoms with Gasteiger partial charge in [0.05, 0.1) is 17.2 Å². The SMILES string of the molecule is COc1ccc2c(c1)CCC(=O)/C2=C/c1ccc(Cl)c(Cl)c1. The molecule has 22 heavy (non-hydrogen) atoms. The number of Topliss-reactive ketones (excluding diaryl/α,β-unsaturated/α-hetero) is 1. The monoisotopic (exact) mass is 332 g/mol. The summed E-state index contributed by atoms with van der Waals surface area (Å²) in [4.78, 5) is 12.3. The van der Waals surface area contributed by atoms with Crippen molar-refractivity contribution in [3.63, 3.8) is 0 Å². The summed E-state index contributed by atoms with van der Waals surface area (Å²) < 4.78 is 5.25. The van der Waals surface area contributed by atoms with E-state index in [1.165, 1.54) is 0 Å². The van der Waals surface area contributed by atoms with Crippen molar-refractivity contribution in [1.29, 1.82) is 0 Å². The molecule has 0 atom stereocenters. The number of allylic oxidation sites excluding steroid dienone is 1. The van der Waals surface area contributed by atoms with Crippen LogP contribution in [0.4, 0.5) is 0 Å². The number of fused-ring (bicyclic) bond motifs is 1. The van der Waals surface area contributed by atoms with Gasteiger partial charge in [0.1, 0.15) is 5.75 Å². The summed E-state index contributed by atoms with van der Waals surface area (Å²) in [6.07, 6.45) is 3.12. The zero-order valence-electron chi connectivity index (χ0n) is 12.0. The molecule has 1 aliphatic carbocycles. The molecule has 0 unspecified atom stereocenters.